The number of Topliss-reactive ketones (excluding diaryl/α,β-unsaturated/α-hetero) is 1. The number of ether oxygens (including phenoxy) is 4. The predicted octanol–water partition coefficient (Wildman–Crippen LogP) is 5.49. The van der Waals surface area contributed by atoms with Gasteiger partial charge in [0, 0.05) is 12.1 Å². The Kier molecular flexibility index (Phi) is 9.74. The molecule has 0 aliphatic carbocycles. The van der Waals surface area contributed by atoms with Crippen molar-refractivity contribution in [1.82, 2.24) is 0 Å². The lowest BCUT2D eigenvalue weighted by molar-refractivity contribution is -0.126. The first-order valence-corrected chi connectivity index (χ1v) is 10.7. The van der Waals surface area contributed by atoms with E-state index < -0.39 is 17.7 Å². The number of amides is 1. The fourth-order valence-electron chi connectivity index (χ4n) is 2.82. The van der Waals surface area contributed by atoms with Crippen molar-refractivity contribution in [2.75, 3.05) is 32.8 Å². The van der Waals surface area contributed by atoms with E-state index in [0.717, 1.165) is 0 Å². The summed E-state index contributed by atoms with van der Waals surface area (Å²) in [6, 6.07) is 4.79. The molecule has 33 heavy (non-hydrogen) atoms. The minimum absolute atomic E-state index is 0.142. The van der Waals surface area contributed by atoms with Crippen molar-refractivity contribution in [1.29, 1.82) is 0 Å². The Hall–Kier alpha value is -3.04. The summed E-state index contributed by atoms with van der Waals surface area (Å²) < 4.78 is 21.6. The van der Waals surface area contributed by atoms with E-state index in [-0.39, 0.29) is 32.9 Å². The molecule has 0 heterocycles. The van der Waals surface area contributed by atoms with E-state index in [1.54, 1.807) is 31.2 Å². The van der Waals surface area contributed by atoms with Gasteiger partial charge in [0.2, 0.25) is 6.04 Å². The summed E-state index contributed by atoms with van der Waals surface area (Å²) in [4.78, 5) is 25.2. The minimum Gasteiger partial charge on any atom is -0.494 e. The Bertz CT molecular complexity index is 1050. The average molecular weight is 498 g/mol. The fourth-order valence-corrected chi connectivity index (χ4v) is 3.31. The van der Waals surface area contributed by atoms with Gasteiger partial charge in [-0.2, -0.15) is 5.11 Å². The molecule has 1 unspecified atom stereocenters. The number of anilines is 1. The lowest BCUT2D eigenvalue weighted by Gasteiger charge is -2.16. The van der Waals surface area contributed by atoms with Gasteiger partial charge < -0.3 is 24.3 Å². The Morgan fingerprint density at radius 3 is 2.27 bits per heavy atom. The number of hydrogen-bond donors (Lipinski definition) is 1. The molecular formula is C22H25Cl2N3O6. The summed E-state index contributed by atoms with van der Waals surface area (Å²) in [6.45, 7) is 5.51. The number of halogens is 2. The molecule has 1 amide bonds. The fraction of sp³-hybridized carbons (Fsp3) is 0.364. The van der Waals surface area contributed by atoms with Crippen LogP contribution in [0.15, 0.2) is 34.5 Å². The molecule has 0 aliphatic heterocycles. The summed E-state index contributed by atoms with van der Waals surface area (Å²) >= 11 is 12.4. The molecule has 1 atom stereocenters. The number of carbonyl (C=O) groups excluding carboxylic acids is 2. The first kappa shape index (κ1) is 26.2. The molecule has 9 nitrogen and oxygen atoms in total. The van der Waals surface area contributed by atoms with Crippen LogP contribution in [0.25, 0.3) is 0 Å². The van der Waals surface area contributed by atoms with Gasteiger partial charge in [0.05, 0.1) is 43.2 Å². The van der Waals surface area contributed by atoms with E-state index in [9.17, 15) is 9.59 Å². The Morgan fingerprint density at radius 2 is 1.70 bits per heavy atom. The predicted molar refractivity (Wildman–Crippen MR) is 126 cm³/mol. The monoisotopic (exact) mass is 497 g/mol. The highest BCUT2D eigenvalue weighted by Crippen LogP contribution is 2.43. The van der Waals surface area contributed by atoms with Crippen molar-refractivity contribution >= 4 is 46.3 Å². The molecule has 11 heteroatoms. The molecule has 0 radical (unpaired) electrons. The van der Waals surface area contributed by atoms with Crippen molar-refractivity contribution in [3.05, 3.63) is 34.3 Å². The van der Waals surface area contributed by atoms with Crippen molar-refractivity contribution in [3.8, 4) is 23.0 Å². The summed E-state index contributed by atoms with van der Waals surface area (Å²) in [6.07, 6.45) is 0. The number of ketones is 1. The second kappa shape index (κ2) is 12.3. The molecule has 0 fully saturated rings. The topological polar surface area (TPSA) is 108 Å². The molecule has 0 aromatic heterocycles. The highest BCUT2D eigenvalue weighted by molar-refractivity contribution is 6.33. The molecule has 0 saturated heterocycles. The molecule has 1 N–H and O–H groups in total. The van der Waals surface area contributed by atoms with Crippen LogP contribution in [0.1, 0.15) is 20.8 Å². The van der Waals surface area contributed by atoms with Crippen LogP contribution in [0.2, 0.25) is 10.0 Å². The summed E-state index contributed by atoms with van der Waals surface area (Å²) in [5, 5.41) is 11.1. The van der Waals surface area contributed by atoms with Crippen molar-refractivity contribution in [3.63, 3.8) is 0 Å². The van der Waals surface area contributed by atoms with E-state index in [0.29, 0.717) is 24.7 Å². The SMILES string of the molecule is CCOc1cc(Cl)c(OCC)c(NC(=O)C(N=Nc2c(OC)ccc(Cl)c2OC)C(C)=O)c1. The second-order valence-corrected chi connectivity index (χ2v) is 7.31. The maximum absolute atomic E-state index is 13.0. The molecule has 178 valence electrons. The smallest absolute Gasteiger partial charge is 0.258 e. The molecule has 2 rings (SSSR count). The van der Waals surface area contributed by atoms with E-state index >= 15 is 0 Å². The molecule has 0 spiro atoms. The van der Waals surface area contributed by atoms with Gasteiger partial charge >= 0.3 is 0 Å². The van der Waals surface area contributed by atoms with Crippen LogP contribution in [0, 0.1) is 0 Å². The number of nitrogens with zero attached hydrogens (tertiary/aromatic N) is 2. The van der Waals surface area contributed by atoms with E-state index in [1.807, 2.05) is 6.92 Å². The van der Waals surface area contributed by atoms with E-state index in [1.165, 1.54) is 21.1 Å². The maximum atomic E-state index is 13.0. The van der Waals surface area contributed by atoms with Gasteiger partial charge in [-0.3, -0.25) is 9.59 Å². The van der Waals surface area contributed by atoms with Gasteiger partial charge in [-0.25, -0.2) is 0 Å². The van der Waals surface area contributed by atoms with Gasteiger partial charge in [-0.05, 0) is 32.9 Å². The van der Waals surface area contributed by atoms with Crippen LogP contribution in [0.4, 0.5) is 11.4 Å². The lowest BCUT2D eigenvalue weighted by Crippen LogP contribution is -2.32. The van der Waals surface area contributed by atoms with Crippen LogP contribution in [0.3, 0.4) is 0 Å². The molecule has 2 aromatic rings. The van der Waals surface area contributed by atoms with Crippen molar-refractivity contribution < 1.29 is 28.5 Å². The standard InChI is InChI=1S/C22H25Cl2N3O6/c1-6-32-13-10-15(24)20(33-7-2)16(11-13)25-22(29)18(12(3)28)26-27-19-17(30-4)9-8-14(23)21(19)31-5/h8-11,18H,6-7H2,1-5H3,(H,25,29). The molecule has 0 bridgehead atoms. The number of azo groups is 1. The van der Waals surface area contributed by atoms with E-state index in [4.69, 9.17) is 42.1 Å². The zero-order valence-corrected chi connectivity index (χ0v) is 20.4. The highest BCUT2D eigenvalue weighted by atomic mass is 35.5. The normalized spacial score (nSPS) is 11.7. The van der Waals surface area contributed by atoms with Gasteiger partial charge in [-0.1, -0.05) is 23.2 Å². The number of benzene rings is 2. The first-order chi connectivity index (χ1) is 15.8. The maximum Gasteiger partial charge on any atom is 0.258 e. The quantitative estimate of drug-likeness (QED) is 0.324. The van der Waals surface area contributed by atoms with Gasteiger partial charge in [0.1, 0.15) is 11.5 Å². The Balaban J connectivity index is 2.42. The van der Waals surface area contributed by atoms with Crippen LogP contribution in [-0.4, -0.2) is 45.2 Å². The molecular weight excluding hydrogens is 473 g/mol. The number of nitrogens with one attached hydrogen (secondary N) is 1. The zero-order valence-electron chi connectivity index (χ0n) is 18.9. The molecule has 0 aliphatic rings. The van der Waals surface area contributed by atoms with Gasteiger partial charge in [0.25, 0.3) is 5.91 Å². The lowest BCUT2D eigenvalue weighted by atomic mass is 10.2. The van der Waals surface area contributed by atoms with Crippen LogP contribution in [-0.2, 0) is 9.59 Å². The van der Waals surface area contributed by atoms with Crippen molar-refractivity contribution in [2.45, 2.75) is 26.8 Å². The highest BCUT2D eigenvalue weighted by Gasteiger charge is 2.26. The Labute approximate surface area is 202 Å². The largest absolute Gasteiger partial charge is 0.494 e. The Morgan fingerprint density at radius 1 is 1.00 bits per heavy atom. The third-order valence-corrected chi connectivity index (χ3v) is 4.83. The third kappa shape index (κ3) is 6.49. The second-order valence-electron chi connectivity index (χ2n) is 6.50. The minimum atomic E-state index is -1.47. The summed E-state index contributed by atoms with van der Waals surface area (Å²) in [7, 11) is 2.83. The van der Waals surface area contributed by atoms with E-state index in [2.05, 4.69) is 15.5 Å². The van der Waals surface area contributed by atoms with Crippen LogP contribution < -0.4 is 24.3 Å². The molecule has 0 saturated carbocycles. The van der Waals surface area contributed by atoms with Crippen LogP contribution in [0.5, 0.6) is 23.0 Å². The summed E-state index contributed by atoms with van der Waals surface area (Å²) in [5.74, 6) is -0.114. The number of rotatable bonds is 11. The van der Waals surface area contributed by atoms with Crippen LogP contribution >= 0.6 is 23.2 Å². The third-order valence-electron chi connectivity index (χ3n) is 4.25. The summed E-state index contributed by atoms with van der Waals surface area (Å²) in [5.41, 5.74) is 0.375. The van der Waals surface area contributed by atoms with Gasteiger partial charge in [0.15, 0.2) is 23.0 Å². The number of hydrogen-bond acceptors (Lipinski definition) is 8. The first-order valence-electron chi connectivity index (χ1n) is 9.99. The molecule has 2 aromatic carbocycles. The average Bonchev–Trinajstić information content (AvgIpc) is 2.76. The van der Waals surface area contributed by atoms with Crippen molar-refractivity contribution in [2.24, 2.45) is 10.2 Å². The number of methoxy groups -OCH3 is 2. The zero-order chi connectivity index (χ0) is 24.5. The van der Waals surface area contributed by atoms with Gasteiger partial charge in [-0.15, -0.1) is 5.11 Å². The number of carbonyl (C=O) groups is 2.